The second kappa shape index (κ2) is 5.70. The molecule has 2 aromatic carbocycles. The van der Waals surface area contributed by atoms with Crippen LogP contribution in [0.15, 0.2) is 60.8 Å². The summed E-state index contributed by atoms with van der Waals surface area (Å²) in [4.78, 5) is 12.2. The zero-order valence-corrected chi connectivity index (χ0v) is 13.2. The first-order valence-corrected chi connectivity index (χ1v) is 7.59. The van der Waals surface area contributed by atoms with Crippen LogP contribution in [0.3, 0.4) is 0 Å². The van der Waals surface area contributed by atoms with Gasteiger partial charge >= 0.3 is 0 Å². The van der Waals surface area contributed by atoms with Crippen molar-refractivity contribution in [1.29, 1.82) is 0 Å². The Bertz CT molecular complexity index is 990. The molecular formula is C19H16N4O. The number of fused-ring (bicyclic) bond motifs is 1. The maximum Gasteiger partial charge on any atom is 0.142 e. The third-order valence-electron chi connectivity index (χ3n) is 3.97. The van der Waals surface area contributed by atoms with E-state index in [0.29, 0.717) is 11.6 Å². The molecule has 0 aliphatic rings. The van der Waals surface area contributed by atoms with E-state index in [9.17, 15) is 0 Å². The van der Waals surface area contributed by atoms with Crippen LogP contribution in [0, 0.1) is 0 Å². The van der Waals surface area contributed by atoms with Gasteiger partial charge in [0.25, 0.3) is 0 Å². The SMILES string of the molecule is COc1cccc(-c2cnc(N)c(-c3nc4ccccc4[nH]3)c2)c1. The zero-order valence-electron chi connectivity index (χ0n) is 13.2. The van der Waals surface area contributed by atoms with Crippen molar-refractivity contribution >= 4 is 16.9 Å². The molecule has 0 unspecified atom stereocenters. The predicted molar refractivity (Wildman–Crippen MR) is 95.7 cm³/mol. The number of benzene rings is 2. The number of hydrogen-bond acceptors (Lipinski definition) is 4. The van der Waals surface area contributed by atoms with Gasteiger partial charge in [-0.05, 0) is 35.9 Å². The molecule has 0 spiro atoms. The number of aromatic amines is 1. The highest BCUT2D eigenvalue weighted by molar-refractivity contribution is 5.83. The van der Waals surface area contributed by atoms with Crippen molar-refractivity contribution < 1.29 is 4.74 Å². The van der Waals surface area contributed by atoms with Crippen LogP contribution in [0.25, 0.3) is 33.5 Å². The summed E-state index contributed by atoms with van der Waals surface area (Å²) in [6, 6.07) is 17.7. The Morgan fingerprint density at radius 1 is 1.00 bits per heavy atom. The normalized spacial score (nSPS) is 10.9. The molecule has 0 fully saturated rings. The molecule has 4 rings (SSSR count). The first-order valence-electron chi connectivity index (χ1n) is 7.59. The Kier molecular flexibility index (Phi) is 3.39. The van der Waals surface area contributed by atoms with Crippen molar-refractivity contribution in [3.8, 4) is 28.3 Å². The number of nitrogens with two attached hydrogens (primary N) is 1. The number of methoxy groups -OCH3 is 1. The van der Waals surface area contributed by atoms with E-state index < -0.39 is 0 Å². The van der Waals surface area contributed by atoms with Crippen molar-refractivity contribution in [2.75, 3.05) is 12.8 Å². The molecule has 5 nitrogen and oxygen atoms in total. The van der Waals surface area contributed by atoms with Gasteiger partial charge in [0, 0.05) is 11.8 Å². The Labute approximate surface area is 139 Å². The fourth-order valence-corrected chi connectivity index (χ4v) is 2.71. The minimum atomic E-state index is 0.445. The summed E-state index contributed by atoms with van der Waals surface area (Å²) in [5, 5.41) is 0. The molecule has 0 aliphatic heterocycles. The summed E-state index contributed by atoms with van der Waals surface area (Å²) >= 11 is 0. The molecule has 0 atom stereocenters. The van der Waals surface area contributed by atoms with Gasteiger partial charge in [0.05, 0.1) is 23.7 Å². The second-order valence-corrected chi connectivity index (χ2v) is 5.49. The average molecular weight is 316 g/mol. The van der Waals surface area contributed by atoms with E-state index in [1.165, 1.54) is 0 Å². The fourth-order valence-electron chi connectivity index (χ4n) is 2.71. The number of aromatic nitrogens is 3. The van der Waals surface area contributed by atoms with Gasteiger partial charge in [0.2, 0.25) is 0 Å². The lowest BCUT2D eigenvalue weighted by Crippen LogP contribution is -1.96. The molecule has 0 saturated heterocycles. The maximum absolute atomic E-state index is 6.08. The summed E-state index contributed by atoms with van der Waals surface area (Å²) in [5.74, 6) is 1.96. The van der Waals surface area contributed by atoms with Crippen molar-refractivity contribution in [2.24, 2.45) is 0 Å². The largest absolute Gasteiger partial charge is 0.497 e. The number of pyridine rings is 1. The molecule has 0 aliphatic carbocycles. The molecular weight excluding hydrogens is 300 g/mol. The van der Waals surface area contributed by atoms with E-state index in [2.05, 4.69) is 15.0 Å². The summed E-state index contributed by atoms with van der Waals surface area (Å²) in [5.41, 5.74) is 10.7. The molecule has 0 radical (unpaired) electrons. The Hall–Kier alpha value is -3.34. The predicted octanol–water partition coefficient (Wildman–Crippen LogP) is 3.88. The smallest absolute Gasteiger partial charge is 0.142 e. The van der Waals surface area contributed by atoms with Gasteiger partial charge in [0.1, 0.15) is 17.4 Å². The number of hydrogen-bond donors (Lipinski definition) is 2. The Morgan fingerprint density at radius 3 is 2.71 bits per heavy atom. The third kappa shape index (κ3) is 2.46. The molecule has 0 amide bonds. The molecule has 3 N–H and O–H groups in total. The first kappa shape index (κ1) is 14.3. The molecule has 4 aromatic rings. The molecule has 5 heteroatoms. The topological polar surface area (TPSA) is 76.8 Å². The summed E-state index contributed by atoms with van der Waals surface area (Å²) in [7, 11) is 1.65. The van der Waals surface area contributed by atoms with E-state index in [4.69, 9.17) is 10.5 Å². The number of imidazole rings is 1. The molecule has 118 valence electrons. The van der Waals surface area contributed by atoms with Crippen LogP contribution >= 0.6 is 0 Å². The van der Waals surface area contributed by atoms with Gasteiger partial charge in [-0.3, -0.25) is 0 Å². The number of nitrogens with one attached hydrogen (secondary N) is 1. The van der Waals surface area contributed by atoms with Crippen molar-refractivity contribution in [3.05, 3.63) is 60.8 Å². The minimum absolute atomic E-state index is 0.445. The van der Waals surface area contributed by atoms with Crippen molar-refractivity contribution in [2.45, 2.75) is 0 Å². The number of ether oxygens (including phenoxy) is 1. The van der Waals surface area contributed by atoms with E-state index >= 15 is 0 Å². The number of H-pyrrole nitrogens is 1. The summed E-state index contributed by atoms with van der Waals surface area (Å²) in [6.07, 6.45) is 1.76. The maximum atomic E-state index is 6.08. The number of nitrogen functional groups attached to an aromatic ring is 1. The lowest BCUT2D eigenvalue weighted by atomic mass is 10.0. The number of anilines is 1. The average Bonchev–Trinajstić information content (AvgIpc) is 3.06. The van der Waals surface area contributed by atoms with Gasteiger partial charge in [-0.2, -0.15) is 0 Å². The molecule has 24 heavy (non-hydrogen) atoms. The van der Waals surface area contributed by atoms with Gasteiger partial charge in [-0.15, -0.1) is 0 Å². The lowest BCUT2D eigenvalue weighted by Gasteiger charge is -2.07. The molecule has 2 aromatic heterocycles. The number of para-hydroxylation sites is 2. The van der Waals surface area contributed by atoms with E-state index in [1.54, 1.807) is 13.3 Å². The third-order valence-corrected chi connectivity index (χ3v) is 3.97. The van der Waals surface area contributed by atoms with Crippen LogP contribution in [0.5, 0.6) is 5.75 Å². The second-order valence-electron chi connectivity index (χ2n) is 5.49. The van der Waals surface area contributed by atoms with Gasteiger partial charge in [0.15, 0.2) is 0 Å². The van der Waals surface area contributed by atoms with Crippen LogP contribution in [0.2, 0.25) is 0 Å². The van der Waals surface area contributed by atoms with Crippen LogP contribution in [-0.2, 0) is 0 Å². The quantitative estimate of drug-likeness (QED) is 0.601. The van der Waals surface area contributed by atoms with Crippen LogP contribution in [0.4, 0.5) is 5.82 Å². The van der Waals surface area contributed by atoms with E-state index in [0.717, 1.165) is 33.5 Å². The summed E-state index contributed by atoms with van der Waals surface area (Å²) < 4.78 is 5.29. The highest BCUT2D eigenvalue weighted by Gasteiger charge is 2.11. The van der Waals surface area contributed by atoms with Crippen LogP contribution in [-0.4, -0.2) is 22.1 Å². The fraction of sp³-hybridized carbons (Fsp3) is 0.0526. The van der Waals surface area contributed by atoms with Crippen molar-refractivity contribution in [3.63, 3.8) is 0 Å². The van der Waals surface area contributed by atoms with Crippen LogP contribution < -0.4 is 10.5 Å². The minimum Gasteiger partial charge on any atom is -0.497 e. The Balaban J connectivity index is 1.83. The summed E-state index contributed by atoms with van der Waals surface area (Å²) in [6.45, 7) is 0. The highest BCUT2D eigenvalue weighted by Crippen LogP contribution is 2.30. The van der Waals surface area contributed by atoms with Gasteiger partial charge in [-0.25, -0.2) is 9.97 Å². The standard InChI is InChI=1S/C19H16N4O/c1-24-14-6-4-5-12(9-14)13-10-15(18(20)21-11-13)19-22-16-7-2-3-8-17(16)23-19/h2-11H,1H3,(H2,20,21)(H,22,23). The van der Waals surface area contributed by atoms with Crippen LogP contribution in [0.1, 0.15) is 0 Å². The zero-order chi connectivity index (χ0) is 16.5. The van der Waals surface area contributed by atoms with Crippen molar-refractivity contribution in [1.82, 2.24) is 15.0 Å². The highest BCUT2D eigenvalue weighted by atomic mass is 16.5. The monoisotopic (exact) mass is 316 g/mol. The lowest BCUT2D eigenvalue weighted by molar-refractivity contribution is 0.415. The van der Waals surface area contributed by atoms with E-state index in [1.807, 2.05) is 54.6 Å². The molecule has 0 bridgehead atoms. The van der Waals surface area contributed by atoms with Gasteiger partial charge in [-0.1, -0.05) is 24.3 Å². The first-order chi connectivity index (χ1) is 11.7. The molecule has 2 heterocycles. The molecule has 0 saturated carbocycles. The number of nitrogens with zero attached hydrogens (tertiary/aromatic N) is 2. The number of rotatable bonds is 3. The Morgan fingerprint density at radius 2 is 1.88 bits per heavy atom. The van der Waals surface area contributed by atoms with E-state index in [-0.39, 0.29) is 0 Å². The van der Waals surface area contributed by atoms with Gasteiger partial charge < -0.3 is 15.5 Å².